The van der Waals surface area contributed by atoms with Crippen LogP contribution in [0.25, 0.3) is 0 Å². The van der Waals surface area contributed by atoms with E-state index in [2.05, 4.69) is 5.32 Å². The molecule has 2 aromatic rings. The molecule has 0 aliphatic carbocycles. The third-order valence-corrected chi connectivity index (χ3v) is 5.61. The minimum Gasteiger partial charge on any atom is -0.352 e. The predicted octanol–water partition coefficient (Wildman–Crippen LogP) is 3.69. The number of anilines is 1. The third-order valence-electron chi connectivity index (χ3n) is 5.61. The summed E-state index contributed by atoms with van der Waals surface area (Å²) < 4.78 is 13.0. The monoisotopic (exact) mass is 439 g/mol. The Labute approximate surface area is 188 Å². The number of carbonyl (C=O) groups excluding carboxylic acids is 3. The second kappa shape index (κ2) is 11.4. The number of piperidine rings is 1. The summed E-state index contributed by atoms with van der Waals surface area (Å²) in [4.78, 5) is 41.3. The Morgan fingerprint density at radius 3 is 2.28 bits per heavy atom. The average molecular weight is 440 g/mol. The normalized spacial score (nSPS) is 13.5. The first-order chi connectivity index (χ1) is 15.4. The van der Waals surface area contributed by atoms with Crippen molar-refractivity contribution in [1.29, 1.82) is 0 Å². The van der Waals surface area contributed by atoms with Crippen LogP contribution in [0.15, 0.2) is 48.5 Å². The molecule has 1 N–H and O–H groups in total. The molecule has 0 spiro atoms. The van der Waals surface area contributed by atoms with Crippen LogP contribution in [0, 0.1) is 12.7 Å². The molecule has 1 aliphatic heterocycles. The van der Waals surface area contributed by atoms with E-state index < -0.39 is 5.82 Å². The van der Waals surface area contributed by atoms with E-state index in [0.717, 1.165) is 37.9 Å². The molecule has 1 heterocycles. The highest BCUT2D eigenvalue weighted by atomic mass is 19.1. The Morgan fingerprint density at radius 2 is 1.62 bits per heavy atom. The highest BCUT2D eigenvalue weighted by Crippen LogP contribution is 2.18. The van der Waals surface area contributed by atoms with Gasteiger partial charge in [-0.05, 0) is 69.0 Å². The summed E-state index contributed by atoms with van der Waals surface area (Å²) >= 11 is 0. The molecule has 0 saturated carbocycles. The first-order valence-electron chi connectivity index (χ1n) is 11.1. The van der Waals surface area contributed by atoms with Crippen LogP contribution in [0.3, 0.4) is 0 Å². The molecule has 3 rings (SSSR count). The summed E-state index contributed by atoms with van der Waals surface area (Å²) in [5.74, 6) is -0.908. The van der Waals surface area contributed by atoms with Gasteiger partial charge in [-0.3, -0.25) is 14.4 Å². The van der Waals surface area contributed by atoms with Crippen LogP contribution < -0.4 is 10.2 Å². The maximum Gasteiger partial charge on any atom is 0.251 e. The quantitative estimate of drug-likeness (QED) is 0.638. The second-order valence-electron chi connectivity index (χ2n) is 8.12. The number of rotatable bonds is 8. The van der Waals surface area contributed by atoms with Crippen LogP contribution in [-0.4, -0.2) is 48.8 Å². The summed E-state index contributed by atoms with van der Waals surface area (Å²) in [6.07, 6.45) is 3.76. The van der Waals surface area contributed by atoms with Crippen LogP contribution in [0.1, 0.15) is 48.0 Å². The van der Waals surface area contributed by atoms with Gasteiger partial charge in [0, 0.05) is 37.3 Å². The lowest BCUT2D eigenvalue weighted by atomic mass is 10.1. The summed E-state index contributed by atoms with van der Waals surface area (Å²) in [7, 11) is 0. The number of amides is 3. The number of halogens is 1. The average Bonchev–Trinajstić information content (AvgIpc) is 2.81. The van der Waals surface area contributed by atoms with Gasteiger partial charge < -0.3 is 15.1 Å². The smallest absolute Gasteiger partial charge is 0.251 e. The van der Waals surface area contributed by atoms with Crippen molar-refractivity contribution in [2.75, 3.05) is 31.1 Å². The lowest BCUT2D eigenvalue weighted by molar-refractivity contribution is -0.132. The molecule has 3 amide bonds. The number of nitrogens with one attached hydrogen (secondary N) is 1. The summed E-state index contributed by atoms with van der Waals surface area (Å²) in [6, 6.07) is 12.9. The minimum absolute atomic E-state index is 0.0177. The van der Waals surface area contributed by atoms with Gasteiger partial charge in [-0.15, -0.1) is 0 Å². The number of aryl methyl sites for hydroxylation is 1. The van der Waals surface area contributed by atoms with Crippen LogP contribution in [0.5, 0.6) is 0 Å². The summed E-state index contributed by atoms with van der Waals surface area (Å²) in [5.41, 5.74) is 2.14. The van der Waals surface area contributed by atoms with E-state index in [1.54, 1.807) is 0 Å². The molecule has 0 bridgehead atoms. The van der Waals surface area contributed by atoms with Gasteiger partial charge in [0.25, 0.3) is 5.91 Å². The van der Waals surface area contributed by atoms with Gasteiger partial charge in [-0.1, -0.05) is 17.7 Å². The number of nitrogens with zero attached hydrogens (tertiary/aromatic N) is 2. The van der Waals surface area contributed by atoms with Crippen LogP contribution >= 0.6 is 0 Å². The van der Waals surface area contributed by atoms with Gasteiger partial charge in [0.15, 0.2) is 0 Å². The lowest BCUT2D eigenvalue weighted by Gasteiger charge is -2.30. The molecule has 32 heavy (non-hydrogen) atoms. The van der Waals surface area contributed by atoms with Crippen molar-refractivity contribution in [3.8, 4) is 0 Å². The van der Waals surface area contributed by atoms with Gasteiger partial charge in [-0.2, -0.15) is 0 Å². The Kier molecular flexibility index (Phi) is 8.36. The number of hydrogen-bond acceptors (Lipinski definition) is 3. The first-order valence-corrected chi connectivity index (χ1v) is 11.1. The third kappa shape index (κ3) is 6.64. The zero-order valence-corrected chi connectivity index (χ0v) is 18.5. The first kappa shape index (κ1) is 23.4. The van der Waals surface area contributed by atoms with Crippen LogP contribution in [-0.2, 0) is 9.59 Å². The van der Waals surface area contributed by atoms with E-state index in [1.165, 1.54) is 29.2 Å². The van der Waals surface area contributed by atoms with Crippen molar-refractivity contribution in [1.82, 2.24) is 10.2 Å². The fourth-order valence-electron chi connectivity index (χ4n) is 3.71. The summed E-state index contributed by atoms with van der Waals surface area (Å²) in [6.45, 7) is 3.78. The molecular weight excluding hydrogens is 409 g/mol. The molecule has 1 aliphatic rings. The van der Waals surface area contributed by atoms with Crippen molar-refractivity contribution >= 4 is 23.4 Å². The Balaban J connectivity index is 1.56. The lowest BCUT2D eigenvalue weighted by Crippen LogP contribution is -2.45. The zero-order valence-electron chi connectivity index (χ0n) is 18.5. The molecule has 1 saturated heterocycles. The standard InChI is InChI=1S/C25H30FN3O3/c1-19-7-13-22(14-8-19)29(18-24(31)28-16-3-2-4-17-28)23(30)6-5-15-27-25(32)20-9-11-21(26)12-10-20/h7-14H,2-6,15-18H2,1H3,(H,27,32). The van der Waals surface area contributed by atoms with Crippen LogP contribution in [0.4, 0.5) is 10.1 Å². The van der Waals surface area contributed by atoms with Crippen molar-refractivity contribution in [3.63, 3.8) is 0 Å². The van der Waals surface area contributed by atoms with E-state index in [4.69, 9.17) is 0 Å². The van der Waals surface area contributed by atoms with E-state index >= 15 is 0 Å². The van der Waals surface area contributed by atoms with Gasteiger partial charge in [0.05, 0.1) is 0 Å². The van der Waals surface area contributed by atoms with E-state index in [-0.39, 0.29) is 30.7 Å². The van der Waals surface area contributed by atoms with Gasteiger partial charge in [0.1, 0.15) is 12.4 Å². The van der Waals surface area contributed by atoms with Crippen molar-refractivity contribution in [2.45, 2.75) is 39.0 Å². The maximum absolute atomic E-state index is 13.0. The highest BCUT2D eigenvalue weighted by Gasteiger charge is 2.23. The Hall–Kier alpha value is -3.22. The largest absolute Gasteiger partial charge is 0.352 e. The molecule has 2 aromatic carbocycles. The van der Waals surface area contributed by atoms with E-state index in [0.29, 0.717) is 24.2 Å². The van der Waals surface area contributed by atoms with E-state index in [9.17, 15) is 18.8 Å². The topological polar surface area (TPSA) is 69.7 Å². The fraction of sp³-hybridized carbons (Fsp3) is 0.400. The molecule has 0 aromatic heterocycles. The maximum atomic E-state index is 13.0. The Morgan fingerprint density at radius 1 is 0.969 bits per heavy atom. The molecule has 0 atom stereocenters. The predicted molar refractivity (Wildman–Crippen MR) is 122 cm³/mol. The molecular formula is C25H30FN3O3. The molecule has 7 heteroatoms. The number of benzene rings is 2. The summed E-state index contributed by atoms with van der Waals surface area (Å²) in [5, 5.41) is 2.75. The van der Waals surface area contributed by atoms with Gasteiger partial charge in [0.2, 0.25) is 11.8 Å². The molecule has 0 unspecified atom stereocenters. The zero-order chi connectivity index (χ0) is 22.9. The Bertz CT molecular complexity index is 922. The highest BCUT2D eigenvalue weighted by molar-refractivity contribution is 5.99. The van der Waals surface area contributed by atoms with Crippen molar-refractivity contribution in [3.05, 3.63) is 65.5 Å². The van der Waals surface area contributed by atoms with Gasteiger partial charge >= 0.3 is 0 Å². The number of hydrogen-bond donors (Lipinski definition) is 1. The molecule has 1 fully saturated rings. The van der Waals surface area contributed by atoms with E-state index in [1.807, 2.05) is 36.1 Å². The fourth-order valence-corrected chi connectivity index (χ4v) is 3.71. The molecule has 170 valence electrons. The number of likely N-dealkylation sites (tertiary alicyclic amines) is 1. The molecule has 6 nitrogen and oxygen atoms in total. The second-order valence-corrected chi connectivity index (χ2v) is 8.12. The van der Waals surface area contributed by atoms with Crippen molar-refractivity contribution < 1.29 is 18.8 Å². The van der Waals surface area contributed by atoms with Gasteiger partial charge in [-0.25, -0.2) is 4.39 Å². The van der Waals surface area contributed by atoms with Crippen LogP contribution in [0.2, 0.25) is 0 Å². The SMILES string of the molecule is Cc1ccc(N(CC(=O)N2CCCCC2)C(=O)CCCNC(=O)c2ccc(F)cc2)cc1. The minimum atomic E-state index is -0.401. The number of carbonyl (C=O) groups is 3. The van der Waals surface area contributed by atoms with Crippen molar-refractivity contribution in [2.24, 2.45) is 0 Å². The molecule has 0 radical (unpaired) electrons.